The predicted molar refractivity (Wildman–Crippen MR) is 92.0 cm³/mol. The summed E-state index contributed by atoms with van der Waals surface area (Å²) in [6.07, 6.45) is 13.4. The average molecular weight is 281 g/mol. The van der Waals surface area contributed by atoms with Crippen LogP contribution < -0.4 is 0 Å². The van der Waals surface area contributed by atoms with Crippen LogP contribution >= 0.6 is 0 Å². The summed E-state index contributed by atoms with van der Waals surface area (Å²) in [4.78, 5) is 0. The maximum Gasteiger partial charge on any atom is -0.0298 e. The molecule has 20 heavy (non-hydrogen) atoms. The van der Waals surface area contributed by atoms with Crippen LogP contribution in [0.3, 0.4) is 0 Å². The van der Waals surface area contributed by atoms with Crippen molar-refractivity contribution in [1.29, 1.82) is 0 Å². The van der Waals surface area contributed by atoms with E-state index >= 15 is 0 Å². The van der Waals surface area contributed by atoms with Gasteiger partial charge in [0.2, 0.25) is 0 Å². The fourth-order valence-corrected chi connectivity index (χ4v) is 4.57. The highest BCUT2D eigenvalue weighted by Crippen LogP contribution is 2.48. The Morgan fingerprint density at radius 1 is 0.600 bits per heavy atom. The number of hydrogen-bond acceptors (Lipinski definition) is 0. The summed E-state index contributed by atoms with van der Waals surface area (Å²) < 4.78 is 0. The Morgan fingerprint density at radius 2 is 1.00 bits per heavy atom. The first kappa shape index (κ1) is 18.1. The smallest absolute Gasteiger partial charge is 0.0298 e. The van der Waals surface area contributed by atoms with E-state index in [4.69, 9.17) is 0 Å². The van der Waals surface area contributed by atoms with Crippen LogP contribution in [0.1, 0.15) is 99.3 Å². The van der Waals surface area contributed by atoms with Gasteiger partial charge in [0.1, 0.15) is 0 Å². The lowest BCUT2D eigenvalue weighted by Crippen LogP contribution is -2.34. The minimum Gasteiger partial charge on any atom is -0.0683 e. The molecule has 2 aliphatic carbocycles. The van der Waals surface area contributed by atoms with Crippen LogP contribution in [0.5, 0.6) is 0 Å². The van der Waals surface area contributed by atoms with E-state index in [1.54, 1.807) is 0 Å². The van der Waals surface area contributed by atoms with E-state index in [0.717, 1.165) is 23.7 Å². The van der Waals surface area contributed by atoms with E-state index in [2.05, 4.69) is 27.7 Å². The topological polar surface area (TPSA) is 0 Å². The van der Waals surface area contributed by atoms with Crippen molar-refractivity contribution < 1.29 is 0 Å². The largest absolute Gasteiger partial charge is 0.0683 e. The van der Waals surface area contributed by atoms with Gasteiger partial charge in [-0.1, -0.05) is 73.6 Å². The Morgan fingerprint density at radius 3 is 1.50 bits per heavy atom. The molecule has 2 aliphatic rings. The molecule has 0 amide bonds. The first-order valence-electron chi connectivity index (χ1n) is 9.50. The summed E-state index contributed by atoms with van der Waals surface area (Å²) in [5, 5.41) is 0. The van der Waals surface area contributed by atoms with Gasteiger partial charge in [0.25, 0.3) is 0 Å². The van der Waals surface area contributed by atoms with Gasteiger partial charge in [0.15, 0.2) is 0 Å². The summed E-state index contributed by atoms with van der Waals surface area (Å²) in [6.45, 7) is 14.1. The maximum atomic E-state index is 2.59. The van der Waals surface area contributed by atoms with Crippen LogP contribution in [0.25, 0.3) is 0 Å². The van der Waals surface area contributed by atoms with Crippen LogP contribution in [0.4, 0.5) is 0 Å². The Balaban J connectivity index is 0.000000956. The molecule has 0 aromatic rings. The van der Waals surface area contributed by atoms with Gasteiger partial charge in [-0.3, -0.25) is 0 Å². The number of hydrogen-bond donors (Lipinski definition) is 0. The molecule has 0 nitrogen and oxygen atoms in total. The summed E-state index contributed by atoms with van der Waals surface area (Å²) in [7, 11) is 0. The third-order valence-corrected chi connectivity index (χ3v) is 6.38. The molecule has 2 saturated carbocycles. The Labute approximate surface area is 129 Å². The van der Waals surface area contributed by atoms with Gasteiger partial charge in [-0.25, -0.2) is 0 Å². The molecule has 0 bridgehead atoms. The van der Waals surface area contributed by atoms with Gasteiger partial charge < -0.3 is 0 Å². The van der Waals surface area contributed by atoms with Crippen LogP contribution in [-0.2, 0) is 0 Å². The highest BCUT2D eigenvalue weighted by molar-refractivity contribution is 4.89. The monoisotopic (exact) mass is 280 g/mol. The standard InChI is InChI=1S/C18H34.C2H6/c1-14-6-5-7-16(11-8-14)18(3,4)17-12-9-15(2)10-13-17;1-2/h14-17H,5-13H2,1-4H3;1-2H3. The van der Waals surface area contributed by atoms with Gasteiger partial charge in [-0.15, -0.1) is 0 Å². The second kappa shape index (κ2) is 8.44. The van der Waals surface area contributed by atoms with Crippen molar-refractivity contribution in [2.75, 3.05) is 0 Å². The molecule has 0 heteroatoms. The van der Waals surface area contributed by atoms with E-state index in [9.17, 15) is 0 Å². The van der Waals surface area contributed by atoms with Crippen molar-refractivity contribution in [3.63, 3.8) is 0 Å². The quantitative estimate of drug-likeness (QED) is 0.474. The molecule has 0 saturated heterocycles. The highest BCUT2D eigenvalue weighted by atomic mass is 14.4. The molecule has 0 heterocycles. The zero-order chi connectivity index (χ0) is 15.2. The lowest BCUT2D eigenvalue weighted by atomic mass is 9.61. The van der Waals surface area contributed by atoms with Gasteiger partial charge in [-0.2, -0.15) is 0 Å². The normalized spacial score (nSPS) is 35.7. The SMILES string of the molecule is CC.CC1CCCC(C(C)(C)C2CCC(C)CC2)CC1. The summed E-state index contributed by atoms with van der Waals surface area (Å²) in [6, 6.07) is 0. The van der Waals surface area contributed by atoms with E-state index in [1.165, 1.54) is 57.8 Å². The highest BCUT2D eigenvalue weighted by Gasteiger charge is 2.38. The minimum atomic E-state index is 0.601. The number of rotatable bonds is 2. The third-order valence-electron chi connectivity index (χ3n) is 6.38. The molecule has 0 spiro atoms. The first-order chi connectivity index (χ1) is 9.50. The van der Waals surface area contributed by atoms with Gasteiger partial charge in [0, 0.05) is 0 Å². The predicted octanol–water partition coefficient (Wildman–Crippen LogP) is 7.08. The van der Waals surface area contributed by atoms with E-state index in [1.807, 2.05) is 13.8 Å². The van der Waals surface area contributed by atoms with E-state index in [0.29, 0.717) is 5.41 Å². The Hall–Kier alpha value is 0. The van der Waals surface area contributed by atoms with Crippen molar-refractivity contribution >= 4 is 0 Å². The van der Waals surface area contributed by atoms with Crippen molar-refractivity contribution in [2.45, 2.75) is 99.3 Å². The molecule has 120 valence electrons. The zero-order valence-electron chi connectivity index (χ0n) is 15.2. The molecule has 0 aromatic carbocycles. The van der Waals surface area contributed by atoms with Crippen molar-refractivity contribution in [3.8, 4) is 0 Å². The van der Waals surface area contributed by atoms with Crippen LogP contribution in [-0.4, -0.2) is 0 Å². The molecule has 2 fully saturated rings. The first-order valence-corrected chi connectivity index (χ1v) is 9.50. The lowest BCUT2D eigenvalue weighted by molar-refractivity contribution is 0.0619. The summed E-state index contributed by atoms with van der Waals surface area (Å²) in [5.74, 6) is 3.98. The fraction of sp³-hybridized carbons (Fsp3) is 1.00. The van der Waals surface area contributed by atoms with Crippen molar-refractivity contribution in [2.24, 2.45) is 29.1 Å². The fourth-order valence-electron chi connectivity index (χ4n) is 4.57. The van der Waals surface area contributed by atoms with Gasteiger partial charge in [0.05, 0.1) is 0 Å². The van der Waals surface area contributed by atoms with E-state index < -0.39 is 0 Å². The van der Waals surface area contributed by atoms with Gasteiger partial charge in [-0.05, 0) is 54.8 Å². The Kier molecular flexibility index (Phi) is 7.62. The molecular weight excluding hydrogens is 240 g/mol. The summed E-state index contributed by atoms with van der Waals surface area (Å²) >= 11 is 0. The van der Waals surface area contributed by atoms with Crippen LogP contribution in [0, 0.1) is 29.1 Å². The minimum absolute atomic E-state index is 0.601. The molecule has 0 aromatic heterocycles. The molecule has 0 N–H and O–H groups in total. The average Bonchev–Trinajstić information content (AvgIpc) is 2.67. The van der Waals surface area contributed by atoms with Gasteiger partial charge >= 0.3 is 0 Å². The molecule has 0 aliphatic heterocycles. The molecular formula is C20H40. The Bertz CT molecular complexity index is 245. The molecule has 0 radical (unpaired) electrons. The summed E-state index contributed by atoms with van der Waals surface area (Å²) in [5.41, 5.74) is 0.601. The molecule has 2 rings (SSSR count). The van der Waals surface area contributed by atoms with Crippen LogP contribution in [0.15, 0.2) is 0 Å². The van der Waals surface area contributed by atoms with Crippen molar-refractivity contribution in [3.05, 3.63) is 0 Å². The second-order valence-corrected chi connectivity index (χ2v) is 8.09. The van der Waals surface area contributed by atoms with Crippen molar-refractivity contribution in [1.82, 2.24) is 0 Å². The van der Waals surface area contributed by atoms with Crippen LogP contribution in [0.2, 0.25) is 0 Å². The molecule has 2 unspecified atom stereocenters. The maximum absolute atomic E-state index is 2.59. The zero-order valence-corrected chi connectivity index (χ0v) is 15.2. The second-order valence-electron chi connectivity index (χ2n) is 8.09. The third kappa shape index (κ3) is 4.78. The lowest BCUT2D eigenvalue weighted by Gasteiger charge is -2.44. The molecule has 2 atom stereocenters. The van der Waals surface area contributed by atoms with E-state index in [-0.39, 0.29) is 0 Å².